The zero-order chi connectivity index (χ0) is 31.3. The van der Waals surface area contributed by atoms with E-state index in [1.807, 2.05) is 70.2 Å². The van der Waals surface area contributed by atoms with Crippen molar-refractivity contribution in [1.82, 2.24) is 4.67 Å². The summed E-state index contributed by atoms with van der Waals surface area (Å²) in [7, 11) is 0.785. The largest absolute Gasteiger partial charge is 0.497 e. The molecule has 3 aromatic rings. The van der Waals surface area contributed by atoms with E-state index in [1.165, 1.54) is 0 Å². The second-order valence-electron chi connectivity index (χ2n) is 11.5. The lowest BCUT2D eigenvalue weighted by atomic mass is 9.80. The Labute approximate surface area is 259 Å². The molecule has 0 N–H and O–H groups in total. The minimum atomic E-state index is -2.56. The van der Waals surface area contributed by atoms with Gasteiger partial charge in [-0.2, -0.15) is 5.26 Å². The molecule has 0 radical (unpaired) electrons. The number of hydrogen-bond acceptors (Lipinski definition) is 5. The zero-order valence-corrected chi connectivity index (χ0v) is 27.7. The van der Waals surface area contributed by atoms with Crippen molar-refractivity contribution in [1.29, 1.82) is 5.26 Å². The maximum atomic E-state index is 14.0. The third kappa shape index (κ3) is 8.30. The van der Waals surface area contributed by atoms with Gasteiger partial charge >= 0.3 is 0 Å². The summed E-state index contributed by atoms with van der Waals surface area (Å²) in [6.45, 7) is 10.1. The molecule has 0 amide bonds. The van der Waals surface area contributed by atoms with E-state index in [-0.39, 0.29) is 11.3 Å². The molecular weight excluding hydrogens is 555 g/mol. The van der Waals surface area contributed by atoms with Gasteiger partial charge < -0.3 is 18.8 Å². The first-order valence-corrected chi connectivity index (χ1v) is 17.2. The molecule has 6 nitrogen and oxygen atoms in total. The summed E-state index contributed by atoms with van der Waals surface area (Å²) in [5.74, 6) is 1.59. The Morgan fingerprint density at radius 2 is 1.21 bits per heavy atom. The Morgan fingerprint density at radius 1 is 0.721 bits per heavy atom. The van der Waals surface area contributed by atoms with E-state index < -0.39 is 12.9 Å². The number of hydrogen-bond donors (Lipinski definition) is 0. The van der Waals surface area contributed by atoms with Crippen LogP contribution in [0.2, 0.25) is 0 Å². The first kappa shape index (κ1) is 34.4. The Kier molecular flexibility index (Phi) is 13.3. The maximum absolute atomic E-state index is 14.0. The number of nitrogens with zero attached hydrogens (tertiary/aromatic N) is 2. The number of nitriles is 1. The van der Waals surface area contributed by atoms with Gasteiger partial charge in [0.15, 0.2) is 7.29 Å². The fourth-order valence-electron chi connectivity index (χ4n) is 5.90. The summed E-state index contributed by atoms with van der Waals surface area (Å²) in [6, 6.07) is 28.8. The fourth-order valence-corrected chi connectivity index (χ4v) is 9.27. The van der Waals surface area contributed by atoms with Crippen LogP contribution in [-0.4, -0.2) is 49.9 Å². The Hall–Kier alpha value is -3.10. The smallest absolute Gasteiger partial charge is 0.155 e. The molecular formula is C36H49N2O4P. The lowest BCUT2D eigenvalue weighted by Crippen LogP contribution is -2.33. The minimum Gasteiger partial charge on any atom is -0.497 e. The van der Waals surface area contributed by atoms with Gasteiger partial charge in [0.05, 0.1) is 20.3 Å². The molecule has 0 fully saturated rings. The predicted octanol–water partition coefficient (Wildman–Crippen LogP) is 8.88. The monoisotopic (exact) mass is 604 g/mol. The second kappa shape index (κ2) is 16.7. The van der Waals surface area contributed by atoms with E-state index in [1.54, 1.807) is 14.2 Å². The van der Waals surface area contributed by atoms with Gasteiger partial charge in [0.2, 0.25) is 0 Å². The van der Waals surface area contributed by atoms with E-state index >= 15 is 0 Å². The maximum Gasteiger partial charge on any atom is 0.155 e. The van der Waals surface area contributed by atoms with Crippen molar-refractivity contribution in [2.45, 2.75) is 76.7 Å². The van der Waals surface area contributed by atoms with Crippen LogP contribution < -0.4 is 9.47 Å². The van der Waals surface area contributed by atoms with E-state index in [2.05, 4.69) is 47.1 Å². The van der Waals surface area contributed by atoms with Crippen molar-refractivity contribution >= 4 is 7.29 Å². The molecule has 0 aromatic heterocycles. The lowest BCUT2D eigenvalue weighted by Gasteiger charge is -2.37. The third-order valence-electron chi connectivity index (χ3n) is 8.21. The molecule has 0 heterocycles. The molecule has 3 aromatic carbocycles. The van der Waals surface area contributed by atoms with Crippen molar-refractivity contribution in [3.63, 3.8) is 0 Å². The summed E-state index contributed by atoms with van der Waals surface area (Å²) >= 11 is 0. The van der Waals surface area contributed by atoms with Crippen LogP contribution in [0.15, 0.2) is 78.9 Å². The molecule has 0 aliphatic heterocycles. The second-order valence-corrected chi connectivity index (χ2v) is 15.5. The number of methoxy groups -OCH3 is 2. The van der Waals surface area contributed by atoms with Crippen LogP contribution in [0.3, 0.4) is 0 Å². The summed E-state index contributed by atoms with van der Waals surface area (Å²) in [5, 5.41) is 9.20. The summed E-state index contributed by atoms with van der Waals surface area (Å²) in [5.41, 5.74) is 2.43. The first-order valence-electron chi connectivity index (χ1n) is 15.4. The molecule has 232 valence electrons. The van der Waals surface area contributed by atoms with Crippen LogP contribution in [0.25, 0.3) is 0 Å². The SMILES string of the molecule is COc1ccc(C(OCCCCCCN(CCC#N)P(=O)(C(C)C)C(C)C)(c2ccccc2)c2ccc(OC)cc2)cc1. The van der Waals surface area contributed by atoms with Crippen LogP contribution in [-0.2, 0) is 14.9 Å². The third-order valence-corrected chi connectivity index (χ3v) is 12.4. The highest BCUT2D eigenvalue weighted by Crippen LogP contribution is 2.58. The van der Waals surface area contributed by atoms with Crippen molar-refractivity contribution in [2.24, 2.45) is 0 Å². The number of ether oxygens (including phenoxy) is 3. The molecule has 0 atom stereocenters. The molecule has 0 bridgehead atoms. The van der Waals surface area contributed by atoms with Gasteiger partial charge in [-0.05, 0) is 53.8 Å². The fraction of sp³-hybridized carbons (Fsp3) is 0.472. The Balaban J connectivity index is 1.77. The molecule has 0 saturated heterocycles. The van der Waals surface area contributed by atoms with Crippen LogP contribution in [0.4, 0.5) is 0 Å². The minimum absolute atomic E-state index is 0.0709. The highest BCUT2D eigenvalue weighted by Gasteiger charge is 2.38. The van der Waals surface area contributed by atoms with Gasteiger partial charge in [-0.1, -0.05) is 95.1 Å². The van der Waals surface area contributed by atoms with Gasteiger partial charge in [-0.15, -0.1) is 0 Å². The molecule has 0 aliphatic carbocycles. The van der Waals surface area contributed by atoms with Crippen molar-refractivity contribution < 1.29 is 18.8 Å². The number of unbranched alkanes of at least 4 members (excludes halogenated alkanes) is 3. The number of rotatable bonds is 18. The normalized spacial score (nSPS) is 12.1. The molecule has 3 rings (SSSR count). The Morgan fingerprint density at radius 3 is 1.67 bits per heavy atom. The molecule has 0 unspecified atom stereocenters. The highest BCUT2D eigenvalue weighted by atomic mass is 31.2. The summed E-state index contributed by atoms with van der Waals surface area (Å²) in [4.78, 5) is 0. The average Bonchev–Trinajstić information content (AvgIpc) is 3.04. The number of benzene rings is 3. The predicted molar refractivity (Wildman–Crippen MR) is 176 cm³/mol. The topological polar surface area (TPSA) is 71.8 Å². The average molecular weight is 605 g/mol. The standard InChI is InChI=1S/C36H49N2O4P/c1-29(2)43(39,30(3)4)38(27-14-25-37)26-12-7-8-13-28-42-36(31-15-10-9-11-16-31,32-17-21-34(40-5)22-18-32)33-19-23-35(41-6)24-20-33/h9-11,15-24,29-30H,7-8,12-14,26-28H2,1-6H3. The van der Waals surface area contributed by atoms with Crippen molar-refractivity contribution in [3.8, 4) is 17.6 Å². The van der Waals surface area contributed by atoms with Crippen LogP contribution in [0.5, 0.6) is 11.5 Å². The Bertz CT molecular complexity index is 1260. The van der Waals surface area contributed by atoms with Crippen molar-refractivity contribution in [2.75, 3.05) is 33.9 Å². The zero-order valence-electron chi connectivity index (χ0n) is 26.8. The van der Waals surface area contributed by atoms with Gasteiger partial charge in [0.25, 0.3) is 0 Å². The first-order chi connectivity index (χ1) is 20.7. The quantitative estimate of drug-likeness (QED) is 0.0820. The summed E-state index contributed by atoms with van der Waals surface area (Å²) in [6.07, 6.45) is 4.23. The van der Waals surface area contributed by atoms with Crippen LogP contribution >= 0.6 is 7.29 Å². The van der Waals surface area contributed by atoms with Crippen LogP contribution in [0.1, 0.15) is 76.5 Å². The van der Waals surface area contributed by atoms with E-state index in [0.29, 0.717) is 19.6 Å². The molecule has 0 spiro atoms. The van der Waals surface area contributed by atoms with Gasteiger partial charge in [0.1, 0.15) is 17.1 Å². The van der Waals surface area contributed by atoms with E-state index in [9.17, 15) is 9.83 Å². The van der Waals surface area contributed by atoms with E-state index in [4.69, 9.17) is 14.2 Å². The summed E-state index contributed by atoms with van der Waals surface area (Å²) < 4.78 is 33.9. The highest BCUT2D eigenvalue weighted by molar-refractivity contribution is 7.62. The van der Waals surface area contributed by atoms with Gasteiger partial charge in [-0.3, -0.25) is 4.67 Å². The van der Waals surface area contributed by atoms with Gasteiger partial charge in [-0.25, -0.2) is 0 Å². The van der Waals surface area contributed by atoms with Crippen LogP contribution in [0, 0.1) is 11.3 Å². The molecule has 0 saturated carbocycles. The van der Waals surface area contributed by atoms with Crippen molar-refractivity contribution in [3.05, 3.63) is 95.6 Å². The van der Waals surface area contributed by atoms with E-state index in [0.717, 1.165) is 60.4 Å². The van der Waals surface area contributed by atoms with Gasteiger partial charge in [0, 0.05) is 37.4 Å². The molecule has 7 heteroatoms. The molecule has 43 heavy (non-hydrogen) atoms. The molecule has 0 aliphatic rings. The lowest BCUT2D eigenvalue weighted by molar-refractivity contribution is 0.0105.